The Labute approximate surface area is 162 Å². The molecule has 0 aliphatic heterocycles. The van der Waals surface area contributed by atoms with Crippen LogP contribution in [-0.4, -0.2) is 23.5 Å². The number of amides is 1. The van der Waals surface area contributed by atoms with E-state index in [2.05, 4.69) is 26.8 Å². The molecule has 0 aliphatic rings. The molecule has 138 valence electrons. The third-order valence-electron chi connectivity index (χ3n) is 3.45. The summed E-state index contributed by atoms with van der Waals surface area (Å²) in [5, 5.41) is 0. The fraction of sp³-hybridized carbons (Fsp3) is 0.300. The second-order valence-corrected chi connectivity index (χ2v) is 7.71. The average Bonchev–Trinajstić information content (AvgIpc) is 2.58. The van der Waals surface area contributed by atoms with Crippen molar-refractivity contribution in [2.45, 2.75) is 38.8 Å². The summed E-state index contributed by atoms with van der Waals surface area (Å²) < 4.78 is 6.15. The Morgan fingerprint density at radius 3 is 2.27 bits per heavy atom. The number of rotatable bonds is 6. The molecular weight excluding hydrogens is 396 g/mol. The predicted octanol–water partition coefficient (Wildman–Crippen LogP) is 3.64. The Hall–Kier alpha value is -2.18. The molecule has 2 aromatic rings. The van der Waals surface area contributed by atoms with Crippen LogP contribution in [0.1, 0.15) is 36.7 Å². The van der Waals surface area contributed by atoms with Gasteiger partial charge in [0, 0.05) is 10.9 Å². The van der Waals surface area contributed by atoms with Crippen LogP contribution < -0.4 is 10.9 Å². The second-order valence-electron chi connectivity index (χ2n) is 6.85. The molecule has 1 amide bonds. The quantitative estimate of drug-likeness (QED) is 0.554. The standard InChI is InChI=1S/C20H23BrN2O3/c1-20(2,3)26-19(25)17(13-14-9-5-4-6-10-14)22-23-18(24)15-11-7-8-12-16(15)21/h4-12,17,22H,13H2,1-3H3,(H,23,24)/t17-/m0/s1. The molecule has 0 bridgehead atoms. The van der Waals surface area contributed by atoms with Gasteiger partial charge in [-0.25, -0.2) is 5.43 Å². The molecule has 0 spiro atoms. The molecule has 1 atom stereocenters. The lowest BCUT2D eigenvalue weighted by atomic mass is 10.1. The highest BCUT2D eigenvalue weighted by atomic mass is 79.9. The molecule has 6 heteroatoms. The maximum Gasteiger partial charge on any atom is 0.325 e. The minimum atomic E-state index is -0.705. The van der Waals surface area contributed by atoms with E-state index in [0.29, 0.717) is 16.5 Å². The predicted molar refractivity (Wildman–Crippen MR) is 105 cm³/mol. The summed E-state index contributed by atoms with van der Waals surface area (Å²) in [5.41, 5.74) is 6.26. The van der Waals surface area contributed by atoms with Crippen LogP contribution in [0.4, 0.5) is 0 Å². The third-order valence-corrected chi connectivity index (χ3v) is 4.14. The molecule has 0 heterocycles. The summed E-state index contributed by atoms with van der Waals surface area (Å²) in [6, 6.07) is 15.9. The van der Waals surface area contributed by atoms with E-state index >= 15 is 0 Å². The Bertz CT molecular complexity index is 757. The molecule has 0 aliphatic carbocycles. The molecule has 0 saturated carbocycles. The lowest BCUT2D eigenvalue weighted by molar-refractivity contribution is -0.157. The highest BCUT2D eigenvalue weighted by Crippen LogP contribution is 2.15. The van der Waals surface area contributed by atoms with Gasteiger partial charge in [0.2, 0.25) is 0 Å². The fourth-order valence-electron chi connectivity index (χ4n) is 2.28. The monoisotopic (exact) mass is 418 g/mol. The SMILES string of the molecule is CC(C)(C)OC(=O)[C@H](Cc1ccccc1)NNC(=O)c1ccccc1Br. The van der Waals surface area contributed by atoms with E-state index in [1.807, 2.05) is 57.2 Å². The molecule has 2 N–H and O–H groups in total. The minimum absolute atomic E-state index is 0.334. The van der Waals surface area contributed by atoms with E-state index in [4.69, 9.17) is 4.74 Å². The van der Waals surface area contributed by atoms with E-state index in [9.17, 15) is 9.59 Å². The Morgan fingerprint density at radius 2 is 1.65 bits per heavy atom. The van der Waals surface area contributed by atoms with Crippen molar-refractivity contribution in [1.82, 2.24) is 10.9 Å². The van der Waals surface area contributed by atoms with Gasteiger partial charge in [-0.05, 0) is 54.4 Å². The minimum Gasteiger partial charge on any atom is -0.459 e. The topological polar surface area (TPSA) is 67.4 Å². The van der Waals surface area contributed by atoms with Gasteiger partial charge in [-0.15, -0.1) is 0 Å². The Morgan fingerprint density at radius 1 is 1.04 bits per heavy atom. The van der Waals surface area contributed by atoms with E-state index in [-0.39, 0.29) is 5.91 Å². The van der Waals surface area contributed by atoms with E-state index in [1.165, 1.54) is 0 Å². The summed E-state index contributed by atoms with van der Waals surface area (Å²) in [4.78, 5) is 24.9. The van der Waals surface area contributed by atoms with Crippen molar-refractivity contribution in [3.63, 3.8) is 0 Å². The van der Waals surface area contributed by atoms with E-state index in [1.54, 1.807) is 18.2 Å². The third kappa shape index (κ3) is 6.28. The molecule has 26 heavy (non-hydrogen) atoms. The lowest BCUT2D eigenvalue weighted by Gasteiger charge is -2.25. The maximum atomic E-state index is 12.5. The van der Waals surface area contributed by atoms with Gasteiger partial charge in [0.25, 0.3) is 5.91 Å². The maximum absolute atomic E-state index is 12.5. The second kappa shape index (κ2) is 8.96. The summed E-state index contributed by atoms with van der Waals surface area (Å²) >= 11 is 3.35. The van der Waals surface area contributed by atoms with E-state index < -0.39 is 17.6 Å². The molecule has 5 nitrogen and oxygen atoms in total. The normalized spacial score (nSPS) is 12.3. The van der Waals surface area contributed by atoms with Crippen LogP contribution in [0.5, 0.6) is 0 Å². The summed E-state index contributed by atoms with van der Waals surface area (Å²) in [6.07, 6.45) is 0.395. The first-order valence-corrected chi connectivity index (χ1v) is 9.13. The van der Waals surface area contributed by atoms with Crippen molar-refractivity contribution >= 4 is 27.8 Å². The van der Waals surface area contributed by atoms with Crippen LogP contribution in [0.3, 0.4) is 0 Å². The number of benzene rings is 2. The largest absolute Gasteiger partial charge is 0.459 e. The molecule has 0 saturated heterocycles. The molecule has 0 radical (unpaired) electrons. The summed E-state index contributed by atoms with van der Waals surface area (Å²) in [7, 11) is 0. The molecule has 2 aromatic carbocycles. The number of hydrazine groups is 1. The summed E-state index contributed by atoms with van der Waals surface area (Å²) in [6.45, 7) is 5.43. The molecular formula is C20H23BrN2O3. The first-order chi connectivity index (χ1) is 12.3. The number of hydrogen-bond acceptors (Lipinski definition) is 4. The highest BCUT2D eigenvalue weighted by molar-refractivity contribution is 9.10. The van der Waals surface area contributed by atoms with Crippen LogP contribution in [0.2, 0.25) is 0 Å². The van der Waals surface area contributed by atoms with Crippen LogP contribution in [-0.2, 0) is 16.0 Å². The first-order valence-electron chi connectivity index (χ1n) is 8.33. The van der Waals surface area contributed by atoms with Crippen LogP contribution in [0.25, 0.3) is 0 Å². The number of hydrogen-bond donors (Lipinski definition) is 2. The number of carbonyl (C=O) groups excluding carboxylic acids is 2. The molecule has 2 rings (SSSR count). The molecule has 0 fully saturated rings. The van der Waals surface area contributed by atoms with Crippen molar-refractivity contribution < 1.29 is 14.3 Å². The zero-order valence-corrected chi connectivity index (χ0v) is 16.7. The van der Waals surface area contributed by atoms with Crippen LogP contribution in [0, 0.1) is 0 Å². The fourth-order valence-corrected chi connectivity index (χ4v) is 2.75. The van der Waals surface area contributed by atoms with Crippen molar-refractivity contribution in [1.29, 1.82) is 0 Å². The van der Waals surface area contributed by atoms with Gasteiger partial charge in [-0.2, -0.15) is 0 Å². The van der Waals surface area contributed by atoms with E-state index in [0.717, 1.165) is 5.56 Å². The van der Waals surface area contributed by atoms with Gasteiger partial charge in [-0.3, -0.25) is 15.0 Å². The number of nitrogens with one attached hydrogen (secondary N) is 2. The highest BCUT2D eigenvalue weighted by Gasteiger charge is 2.26. The average molecular weight is 419 g/mol. The van der Waals surface area contributed by atoms with Crippen molar-refractivity contribution in [2.75, 3.05) is 0 Å². The Kier molecular flexibility index (Phi) is 6.94. The Balaban J connectivity index is 2.09. The number of ether oxygens (including phenoxy) is 1. The lowest BCUT2D eigenvalue weighted by Crippen LogP contribution is -2.51. The van der Waals surface area contributed by atoms with Gasteiger partial charge in [0.05, 0.1) is 5.56 Å². The van der Waals surface area contributed by atoms with Gasteiger partial charge in [0.15, 0.2) is 0 Å². The van der Waals surface area contributed by atoms with Crippen molar-refractivity contribution in [2.24, 2.45) is 0 Å². The molecule has 0 unspecified atom stereocenters. The zero-order chi connectivity index (χ0) is 19.2. The van der Waals surface area contributed by atoms with Crippen LogP contribution in [0.15, 0.2) is 59.1 Å². The van der Waals surface area contributed by atoms with Gasteiger partial charge in [-0.1, -0.05) is 42.5 Å². The van der Waals surface area contributed by atoms with Crippen molar-refractivity contribution in [3.8, 4) is 0 Å². The number of halogens is 1. The van der Waals surface area contributed by atoms with Gasteiger partial charge >= 0.3 is 5.97 Å². The zero-order valence-electron chi connectivity index (χ0n) is 15.1. The van der Waals surface area contributed by atoms with Crippen LogP contribution >= 0.6 is 15.9 Å². The van der Waals surface area contributed by atoms with Crippen molar-refractivity contribution in [3.05, 3.63) is 70.2 Å². The number of carbonyl (C=O) groups is 2. The van der Waals surface area contributed by atoms with Gasteiger partial charge in [0.1, 0.15) is 11.6 Å². The smallest absolute Gasteiger partial charge is 0.325 e. The summed E-state index contributed by atoms with van der Waals surface area (Å²) in [5.74, 6) is -0.757. The first kappa shape index (κ1) is 20.1. The molecule has 0 aromatic heterocycles. The van der Waals surface area contributed by atoms with Gasteiger partial charge < -0.3 is 4.74 Å². The number of esters is 1.